The van der Waals surface area contributed by atoms with Gasteiger partial charge in [0.25, 0.3) is 0 Å². The zero-order valence-corrected chi connectivity index (χ0v) is 13.9. The number of anilines is 1. The van der Waals surface area contributed by atoms with Crippen molar-refractivity contribution in [3.05, 3.63) is 22.7 Å². The molecule has 0 fully saturated rings. The highest BCUT2D eigenvalue weighted by Crippen LogP contribution is 2.23. The van der Waals surface area contributed by atoms with Crippen molar-refractivity contribution in [1.29, 1.82) is 0 Å². The first-order valence-corrected chi connectivity index (χ1v) is 8.57. The van der Waals surface area contributed by atoms with Crippen LogP contribution in [0.3, 0.4) is 0 Å². The van der Waals surface area contributed by atoms with Crippen LogP contribution in [-0.2, 0) is 10.0 Å². The van der Waals surface area contributed by atoms with E-state index in [2.05, 4.69) is 34.5 Å². The molecule has 0 aliphatic carbocycles. The SMILES string of the molecule is CC(C)CCC(C)NS(=O)(=O)c1ccc(Br)c(N)c1. The van der Waals surface area contributed by atoms with Gasteiger partial charge in [-0.25, -0.2) is 13.1 Å². The van der Waals surface area contributed by atoms with E-state index in [0.29, 0.717) is 16.1 Å². The van der Waals surface area contributed by atoms with E-state index < -0.39 is 10.0 Å². The molecule has 0 aliphatic rings. The molecule has 0 saturated heterocycles. The Bertz CT molecular complexity index is 529. The summed E-state index contributed by atoms with van der Waals surface area (Å²) < 4.78 is 27.7. The number of benzene rings is 1. The van der Waals surface area contributed by atoms with E-state index in [0.717, 1.165) is 12.8 Å². The topological polar surface area (TPSA) is 72.2 Å². The molecule has 19 heavy (non-hydrogen) atoms. The number of nitrogens with one attached hydrogen (secondary N) is 1. The molecule has 0 amide bonds. The van der Waals surface area contributed by atoms with E-state index in [-0.39, 0.29) is 10.9 Å². The second-order valence-electron chi connectivity index (χ2n) is 5.18. The van der Waals surface area contributed by atoms with Crippen LogP contribution >= 0.6 is 15.9 Å². The van der Waals surface area contributed by atoms with Crippen LogP contribution in [-0.4, -0.2) is 14.5 Å². The molecular formula is C13H21BrN2O2S. The first-order valence-electron chi connectivity index (χ1n) is 6.29. The first kappa shape index (κ1) is 16.5. The third kappa shape index (κ3) is 5.12. The highest BCUT2D eigenvalue weighted by molar-refractivity contribution is 9.10. The van der Waals surface area contributed by atoms with E-state index in [1.807, 2.05) is 6.92 Å². The van der Waals surface area contributed by atoms with Crippen LogP contribution in [0.15, 0.2) is 27.6 Å². The summed E-state index contributed by atoms with van der Waals surface area (Å²) in [5.74, 6) is 0.565. The Morgan fingerprint density at radius 3 is 2.42 bits per heavy atom. The lowest BCUT2D eigenvalue weighted by molar-refractivity contribution is 0.485. The summed E-state index contributed by atoms with van der Waals surface area (Å²) in [7, 11) is -3.50. The highest BCUT2D eigenvalue weighted by Gasteiger charge is 2.18. The van der Waals surface area contributed by atoms with Crippen molar-refractivity contribution in [2.24, 2.45) is 5.92 Å². The van der Waals surface area contributed by atoms with Crippen LogP contribution in [0, 0.1) is 5.92 Å². The van der Waals surface area contributed by atoms with Crippen molar-refractivity contribution in [3.8, 4) is 0 Å². The zero-order valence-electron chi connectivity index (χ0n) is 11.5. The second-order valence-corrected chi connectivity index (χ2v) is 7.75. The van der Waals surface area contributed by atoms with Crippen molar-refractivity contribution in [1.82, 2.24) is 4.72 Å². The van der Waals surface area contributed by atoms with Crippen LogP contribution in [0.4, 0.5) is 5.69 Å². The fraction of sp³-hybridized carbons (Fsp3) is 0.538. The standard InChI is InChI=1S/C13H21BrN2O2S/c1-9(2)4-5-10(3)16-19(17,18)11-6-7-12(14)13(15)8-11/h6-10,16H,4-5,15H2,1-3H3. The van der Waals surface area contributed by atoms with Gasteiger partial charge in [0.15, 0.2) is 0 Å². The van der Waals surface area contributed by atoms with E-state index >= 15 is 0 Å². The van der Waals surface area contributed by atoms with Crippen LogP contribution in [0.25, 0.3) is 0 Å². The van der Waals surface area contributed by atoms with Gasteiger partial charge in [0.2, 0.25) is 10.0 Å². The van der Waals surface area contributed by atoms with Gasteiger partial charge in [0.05, 0.1) is 4.90 Å². The lowest BCUT2D eigenvalue weighted by atomic mass is 10.1. The Morgan fingerprint density at radius 2 is 1.89 bits per heavy atom. The molecule has 0 aliphatic heterocycles. The third-order valence-corrected chi connectivity index (χ3v) is 5.12. The number of nitrogens with two attached hydrogens (primary N) is 1. The third-order valence-electron chi connectivity index (χ3n) is 2.81. The molecule has 3 N–H and O–H groups in total. The van der Waals surface area contributed by atoms with E-state index in [1.165, 1.54) is 12.1 Å². The van der Waals surface area contributed by atoms with Crippen molar-refractivity contribution < 1.29 is 8.42 Å². The monoisotopic (exact) mass is 348 g/mol. The predicted octanol–water partition coefficient (Wildman–Crippen LogP) is 3.13. The number of sulfonamides is 1. The largest absolute Gasteiger partial charge is 0.398 e. The Labute approximate surface area is 124 Å². The van der Waals surface area contributed by atoms with Crippen molar-refractivity contribution in [2.75, 3.05) is 5.73 Å². The molecule has 1 aromatic rings. The summed E-state index contributed by atoms with van der Waals surface area (Å²) in [6.07, 6.45) is 1.81. The molecule has 1 unspecified atom stereocenters. The molecule has 0 aromatic heterocycles. The fourth-order valence-corrected chi connectivity index (χ4v) is 3.22. The minimum absolute atomic E-state index is 0.0859. The maximum Gasteiger partial charge on any atom is 0.240 e. The van der Waals surface area contributed by atoms with Gasteiger partial charge in [0.1, 0.15) is 0 Å². The smallest absolute Gasteiger partial charge is 0.240 e. The van der Waals surface area contributed by atoms with Gasteiger partial charge in [-0.2, -0.15) is 0 Å². The normalized spacial score (nSPS) is 13.7. The molecule has 0 saturated carbocycles. The van der Waals surface area contributed by atoms with E-state index in [4.69, 9.17) is 5.73 Å². The maximum atomic E-state index is 12.2. The minimum atomic E-state index is -3.50. The quantitative estimate of drug-likeness (QED) is 0.775. The number of hydrogen-bond acceptors (Lipinski definition) is 3. The lowest BCUT2D eigenvalue weighted by Gasteiger charge is -2.15. The lowest BCUT2D eigenvalue weighted by Crippen LogP contribution is -2.32. The molecule has 6 heteroatoms. The number of rotatable bonds is 6. The van der Waals surface area contributed by atoms with Crippen molar-refractivity contribution >= 4 is 31.6 Å². The molecule has 0 radical (unpaired) electrons. The highest BCUT2D eigenvalue weighted by atomic mass is 79.9. The molecule has 1 rings (SSSR count). The molecule has 1 aromatic carbocycles. The average Bonchev–Trinajstić information content (AvgIpc) is 2.29. The summed E-state index contributed by atoms with van der Waals surface area (Å²) in [4.78, 5) is 0.199. The summed E-state index contributed by atoms with van der Waals surface area (Å²) in [6, 6.07) is 4.56. The summed E-state index contributed by atoms with van der Waals surface area (Å²) in [5.41, 5.74) is 6.12. The second kappa shape index (κ2) is 6.72. The molecule has 0 heterocycles. The van der Waals surface area contributed by atoms with Gasteiger partial charge in [-0.1, -0.05) is 13.8 Å². The summed E-state index contributed by atoms with van der Waals surface area (Å²) >= 11 is 3.25. The van der Waals surface area contributed by atoms with Crippen molar-refractivity contribution in [2.45, 2.75) is 44.6 Å². The number of nitrogen functional groups attached to an aromatic ring is 1. The molecule has 4 nitrogen and oxygen atoms in total. The number of hydrogen-bond donors (Lipinski definition) is 2. The molecular weight excluding hydrogens is 328 g/mol. The minimum Gasteiger partial charge on any atom is -0.398 e. The average molecular weight is 349 g/mol. The Balaban J connectivity index is 2.77. The van der Waals surface area contributed by atoms with Crippen LogP contribution in [0.1, 0.15) is 33.6 Å². The van der Waals surface area contributed by atoms with Gasteiger partial charge in [0, 0.05) is 16.2 Å². The summed E-state index contributed by atoms with van der Waals surface area (Å²) in [6.45, 7) is 6.12. The summed E-state index contributed by atoms with van der Waals surface area (Å²) in [5, 5.41) is 0. The molecule has 1 atom stereocenters. The van der Waals surface area contributed by atoms with E-state index in [1.54, 1.807) is 6.07 Å². The van der Waals surface area contributed by atoms with Crippen LogP contribution < -0.4 is 10.5 Å². The van der Waals surface area contributed by atoms with Crippen molar-refractivity contribution in [3.63, 3.8) is 0 Å². The first-order chi connectivity index (χ1) is 8.72. The van der Waals surface area contributed by atoms with Crippen LogP contribution in [0.2, 0.25) is 0 Å². The maximum absolute atomic E-state index is 12.2. The molecule has 0 bridgehead atoms. The Kier molecular flexibility index (Phi) is 5.82. The molecule has 0 spiro atoms. The Hall–Kier alpha value is -0.590. The van der Waals surface area contributed by atoms with Crippen LogP contribution in [0.5, 0.6) is 0 Å². The van der Waals surface area contributed by atoms with Gasteiger partial charge in [-0.05, 0) is 59.8 Å². The van der Waals surface area contributed by atoms with E-state index in [9.17, 15) is 8.42 Å². The van der Waals surface area contributed by atoms with Gasteiger partial charge < -0.3 is 5.73 Å². The van der Waals surface area contributed by atoms with Gasteiger partial charge in [-0.15, -0.1) is 0 Å². The Morgan fingerprint density at radius 1 is 1.26 bits per heavy atom. The predicted molar refractivity (Wildman–Crippen MR) is 82.4 cm³/mol. The fourth-order valence-electron chi connectivity index (χ4n) is 1.66. The molecule has 108 valence electrons. The van der Waals surface area contributed by atoms with Gasteiger partial charge in [-0.3, -0.25) is 0 Å². The van der Waals surface area contributed by atoms with Gasteiger partial charge >= 0.3 is 0 Å². The zero-order chi connectivity index (χ0) is 14.6. The number of halogens is 1.